The van der Waals surface area contributed by atoms with Gasteiger partial charge in [0.1, 0.15) is 0 Å². The zero-order valence-electron chi connectivity index (χ0n) is 10.0. The monoisotopic (exact) mass is 233 g/mol. The fraction of sp³-hybridized carbons (Fsp3) is 1.00. The molecule has 0 radical (unpaired) electrons. The molecule has 0 aromatic heterocycles. The summed E-state index contributed by atoms with van der Waals surface area (Å²) in [6, 6.07) is 0. The molecule has 1 fully saturated rings. The Morgan fingerprint density at radius 1 is 1.40 bits per heavy atom. The molecule has 0 aliphatic heterocycles. The van der Waals surface area contributed by atoms with Gasteiger partial charge in [-0.1, -0.05) is 6.92 Å². The lowest BCUT2D eigenvalue weighted by Crippen LogP contribution is -2.49. The van der Waals surface area contributed by atoms with Crippen LogP contribution >= 0.6 is 11.6 Å². The molecular weight excluding hydrogens is 210 g/mol. The second-order valence-electron chi connectivity index (χ2n) is 4.87. The second-order valence-corrected chi connectivity index (χ2v) is 5.14. The van der Waals surface area contributed by atoms with E-state index >= 15 is 0 Å². The van der Waals surface area contributed by atoms with Gasteiger partial charge in [-0.25, -0.2) is 0 Å². The second kappa shape index (κ2) is 6.72. The first-order chi connectivity index (χ1) is 7.22. The standard InChI is InChI=1S/C12H24ClNO/c1-11-4-6-12(10-13,7-5-11)14-8-3-9-15-2/h11,14H,3-10H2,1-2H3. The highest BCUT2D eigenvalue weighted by molar-refractivity contribution is 6.18. The Kier molecular flexibility index (Phi) is 5.95. The Balaban J connectivity index is 2.27. The Morgan fingerprint density at radius 2 is 2.07 bits per heavy atom. The number of methoxy groups -OCH3 is 1. The van der Waals surface area contributed by atoms with E-state index in [2.05, 4.69) is 12.2 Å². The SMILES string of the molecule is COCCCNC1(CCl)CCC(C)CC1. The zero-order chi connectivity index (χ0) is 11.1. The van der Waals surface area contributed by atoms with Crippen molar-refractivity contribution in [2.75, 3.05) is 26.1 Å². The molecule has 15 heavy (non-hydrogen) atoms. The van der Waals surface area contributed by atoms with Crippen molar-refractivity contribution in [1.82, 2.24) is 5.32 Å². The van der Waals surface area contributed by atoms with E-state index in [0.29, 0.717) is 0 Å². The van der Waals surface area contributed by atoms with Crippen molar-refractivity contribution in [3.05, 3.63) is 0 Å². The van der Waals surface area contributed by atoms with Crippen LogP contribution in [-0.2, 0) is 4.74 Å². The van der Waals surface area contributed by atoms with E-state index in [-0.39, 0.29) is 5.54 Å². The molecule has 0 saturated heterocycles. The summed E-state index contributed by atoms with van der Waals surface area (Å²) < 4.78 is 5.04. The smallest absolute Gasteiger partial charge is 0.0474 e. The molecule has 0 spiro atoms. The third kappa shape index (κ3) is 4.29. The van der Waals surface area contributed by atoms with Crippen LogP contribution in [0.1, 0.15) is 39.0 Å². The van der Waals surface area contributed by atoms with Gasteiger partial charge in [-0.05, 0) is 44.6 Å². The predicted molar refractivity (Wildman–Crippen MR) is 65.6 cm³/mol. The van der Waals surface area contributed by atoms with Crippen molar-refractivity contribution in [3.63, 3.8) is 0 Å². The minimum absolute atomic E-state index is 0.210. The average Bonchev–Trinajstić information content (AvgIpc) is 2.28. The molecule has 1 rings (SSSR count). The first-order valence-electron chi connectivity index (χ1n) is 6.02. The Labute approximate surface area is 98.7 Å². The van der Waals surface area contributed by atoms with Gasteiger partial charge >= 0.3 is 0 Å². The normalized spacial score (nSPS) is 31.8. The molecule has 0 atom stereocenters. The zero-order valence-corrected chi connectivity index (χ0v) is 10.8. The van der Waals surface area contributed by atoms with Crippen LogP contribution in [0.4, 0.5) is 0 Å². The topological polar surface area (TPSA) is 21.3 Å². The van der Waals surface area contributed by atoms with Crippen LogP contribution in [0.5, 0.6) is 0 Å². The Hall–Kier alpha value is 0.210. The van der Waals surface area contributed by atoms with Gasteiger partial charge in [-0.3, -0.25) is 0 Å². The Bertz CT molecular complexity index is 167. The number of hydrogen-bond acceptors (Lipinski definition) is 2. The van der Waals surface area contributed by atoms with Gasteiger partial charge in [0.2, 0.25) is 0 Å². The van der Waals surface area contributed by atoms with Gasteiger partial charge in [0.25, 0.3) is 0 Å². The van der Waals surface area contributed by atoms with Crippen molar-refractivity contribution in [2.24, 2.45) is 5.92 Å². The molecule has 1 aliphatic rings. The molecule has 0 heterocycles. The van der Waals surface area contributed by atoms with Crippen molar-refractivity contribution >= 4 is 11.6 Å². The van der Waals surface area contributed by atoms with Crippen LogP contribution in [-0.4, -0.2) is 31.7 Å². The predicted octanol–water partition coefficient (Wildman–Crippen LogP) is 2.80. The number of alkyl halides is 1. The van der Waals surface area contributed by atoms with Gasteiger partial charge in [-0.15, -0.1) is 11.6 Å². The summed E-state index contributed by atoms with van der Waals surface area (Å²) in [5.74, 6) is 1.62. The Morgan fingerprint density at radius 3 is 2.60 bits per heavy atom. The van der Waals surface area contributed by atoms with Gasteiger partial charge in [0, 0.05) is 25.1 Å². The van der Waals surface area contributed by atoms with Crippen molar-refractivity contribution in [1.29, 1.82) is 0 Å². The minimum Gasteiger partial charge on any atom is -0.385 e. The minimum atomic E-state index is 0.210. The molecule has 1 saturated carbocycles. The maximum atomic E-state index is 6.10. The highest BCUT2D eigenvalue weighted by Crippen LogP contribution is 2.32. The summed E-state index contributed by atoms with van der Waals surface area (Å²) in [6.07, 6.45) is 6.15. The number of hydrogen-bond donors (Lipinski definition) is 1. The van der Waals surface area contributed by atoms with Crippen LogP contribution in [0.25, 0.3) is 0 Å². The maximum Gasteiger partial charge on any atom is 0.0474 e. The lowest BCUT2D eigenvalue weighted by atomic mass is 9.78. The molecule has 0 aromatic rings. The van der Waals surface area contributed by atoms with E-state index < -0.39 is 0 Å². The van der Waals surface area contributed by atoms with Crippen molar-refractivity contribution in [3.8, 4) is 0 Å². The summed E-state index contributed by atoms with van der Waals surface area (Å²) in [6.45, 7) is 4.19. The highest BCUT2D eigenvalue weighted by atomic mass is 35.5. The van der Waals surface area contributed by atoms with E-state index in [1.54, 1.807) is 7.11 Å². The molecule has 1 N–H and O–H groups in total. The molecule has 0 amide bonds. The highest BCUT2D eigenvalue weighted by Gasteiger charge is 2.32. The van der Waals surface area contributed by atoms with Crippen LogP contribution in [0.15, 0.2) is 0 Å². The molecule has 3 heteroatoms. The number of rotatable bonds is 6. The maximum absolute atomic E-state index is 6.10. The number of ether oxygens (including phenoxy) is 1. The molecule has 0 unspecified atom stereocenters. The van der Waals surface area contributed by atoms with Crippen molar-refractivity contribution < 1.29 is 4.74 Å². The van der Waals surface area contributed by atoms with E-state index in [0.717, 1.165) is 31.4 Å². The molecular formula is C12H24ClNO. The number of halogens is 1. The van der Waals surface area contributed by atoms with Gasteiger partial charge < -0.3 is 10.1 Å². The summed E-state index contributed by atoms with van der Waals surface area (Å²) in [5, 5.41) is 3.63. The van der Waals surface area contributed by atoms with E-state index in [9.17, 15) is 0 Å². The summed E-state index contributed by atoms with van der Waals surface area (Å²) in [4.78, 5) is 0. The summed E-state index contributed by atoms with van der Waals surface area (Å²) in [7, 11) is 1.75. The lowest BCUT2D eigenvalue weighted by Gasteiger charge is -2.39. The van der Waals surface area contributed by atoms with Gasteiger partial charge in [0.05, 0.1) is 0 Å². The van der Waals surface area contributed by atoms with E-state index in [1.807, 2.05) is 0 Å². The first kappa shape index (κ1) is 13.3. The van der Waals surface area contributed by atoms with Crippen molar-refractivity contribution in [2.45, 2.75) is 44.6 Å². The van der Waals surface area contributed by atoms with Gasteiger partial charge in [0.15, 0.2) is 0 Å². The van der Waals surface area contributed by atoms with Crippen LogP contribution in [0.3, 0.4) is 0 Å². The largest absolute Gasteiger partial charge is 0.385 e. The molecule has 2 nitrogen and oxygen atoms in total. The lowest BCUT2D eigenvalue weighted by molar-refractivity contribution is 0.178. The quantitative estimate of drug-likeness (QED) is 0.563. The third-order valence-corrected chi connectivity index (χ3v) is 4.02. The van der Waals surface area contributed by atoms with E-state index in [4.69, 9.17) is 16.3 Å². The van der Waals surface area contributed by atoms with Crippen LogP contribution < -0.4 is 5.32 Å². The third-order valence-electron chi connectivity index (χ3n) is 3.51. The summed E-state index contributed by atoms with van der Waals surface area (Å²) >= 11 is 6.10. The molecule has 0 bridgehead atoms. The molecule has 1 aliphatic carbocycles. The fourth-order valence-electron chi connectivity index (χ4n) is 2.24. The summed E-state index contributed by atoms with van der Waals surface area (Å²) in [5.41, 5.74) is 0.210. The van der Waals surface area contributed by atoms with Crippen LogP contribution in [0, 0.1) is 5.92 Å². The molecule has 0 aromatic carbocycles. The fourth-order valence-corrected chi connectivity index (χ4v) is 2.60. The average molecular weight is 234 g/mol. The molecule has 90 valence electrons. The number of nitrogens with one attached hydrogen (secondary N) is 1. The van der Waals surface area contributed by atoms with Gasteiger partial charge in [-0.2, -0.15) is 0 Å². The first-order valence-corrected chi connectivity index (χ1v) is 6.56. The van der Waals surface area contributed by atoms with E-state index in [1.165, 1.54) is 25.7 Å². The van der Waals surface area contributed by atoms with Crippen LogP contribution in [0.2, 0.25) is 0 Å².